The Balaban J connectivity index is 1.44. The zero-order valence-corrected chi connectivity index (χ0v) is 34.9. The van der Waals surface area contributed by atoms with E-state index in [1.54, 1.807) is 24.3 Å². The molecule has 0 radical (unpaired) electrons. The van der Waals surface area contributed by atoms with Crippen molar-refractivity contribution >= 4 is 45.6 Å². The van der Waals surface area contributed by atoms with E-state index in [9.17, 15) is 70.9 Å². The lowest BCUT2D eigenvalue weighted by Gasteiger charge is -2.50. The molecule has 348 valence electrons. The van der Waals surface area contributed by atoms with Crippen LogP contribution in [0.15, 0.2) is 24.3 Å². The third kappa shape index (κ3) is 13.9. The molecule has 23 heteroatoms. The largest absolute Gasteiger partial charge is 0.483 e. The van der Waals surface area contributed by atoms with Gasteiger partial charge in [-0.25, -0.2) is 4.79 Å². The number of carbonyl (C=O) groups excluding carboxylic acids is 1. The van der Waals surface area contributed by atoms with Gasteiger partial charge in [-0.2, -0.15) is 0 Å². The lowest BCUT2D eigenvalue weighted by molar-refractivity contribution is -0.380. The maximum absolute atomic E-state index is 12.8. The summed E-state index contributed by atoms with van der Waals surface area (Å²) in [6, 6.07) is 6.85. The van der Waals surface area contributed by atoms with Crippen molar-refractivity contribution in [2.24, 2.45) is 5.92 Å². The first-order valence-electron chi connectivity index (χ1n) is 20.0. The molecule has 0 aliphatic carbocycles. The van der Waals surface area contributed by atoms with E-state index < -0.39 is 130 Å². The molecular formula is C38H60N2O19S2. The molecule has 14 N–H and O–H groups in total. The van der Waals surface area contributed by atoms with Crippen LogP contribution >= 0.6 is 21.6 Å². The van der Waals surface area contributed by atoms with Crippen LogP contribution < -0.4 is 5.32 Å². The molecule has 0 spiro atoms. The Kier molecular flexibility index (Phi) is 20.8. The molecule has 21 nitrogen and oxygen atoms in total. The van der Waals surface area contributed by atoms with Crippen molar-refractivity contribution in [3.05, 3.63) is 29.8 Å². The molecule has 16 atom stereocenters. The average Bonchev–Trinajstić information content (AvgIpc) is 3.77. The van der Waals surface area contributed by atoms with E-state index in [0.29, 0.717) is 29.3 Å². The first-order chi connectivity index (χ1) is 29.1. The summed E-state index contributed by atoms with van der Waals surface area (Å²) in [4.78, 5) is 25.4. The third-order valence-electron chi connectivity index (χ3n) is 10.9. The van der Waals surface area contributed by atoms with Gasteiger partial charge in [-0.05, 0) is 49.8 Å². The summed E-state index contributed by atoms with van der Waals surface area (Å²) in [5, 5.41) is 138. The van der Waals surface area contributed by atoms with Gasteiger partial charge < -0.3 is 90.3 Å². The van der Waals surface area contributed by atoms with Gasteiger partial charge in [0, 0.05) is 35.4 Å². The first kappa shape index (κ1) is 51.4. The number of anilines is 1. The van der Waals surface area contributed by atoms with Gasteiger partial charge >= 0.3 is 5.97 Å². The second-order valence-electron chi connectivity index (χ2n) is 15.3. The van der Waals surface area contributed by atoms with Crippen LogP contribution in [0.4, 0.5) is 5.69 Å². The Bertz CT molecular complexity index is 1520. The van der Waals surface area contributed by atoms with Crippen LogP contribution in [0.2, 0.25) is 0 Å². The van der Waals surface area contributed by atoms with Gasteiger partial charge in [0.15, 0.2) is 12.7 Å². The first-order valence-corrected chi connectivity index (χ1v) is 22.4. The van der Waals surface area contributed by atoms with Crippen molar-refractivity contribution in [2.75, 3.05) is 37.5 Å². The minimum atomic E-state index is -3.02. The Morgan fingerprint density at radius 2 is 1.75 bits per heavy atom. The van der Waals surface area contributed by atoms with Crippen LogP contribution in [0.5, 0.6) is 0 Å². The summed E-state index contributed by atoms with van der Waals surface area (Å²) >= 11 is 0. The van der Waals surface area contributed by atoms with Crippen molar-refractivity contribution in [1.29, 1.82) is 5.41 Å². The molecule has 1 aromatic carbocycles. The lowest BCUT2D eigenvalue weighted by atomic mass is 9.83. The van der Waals surface area contributed by atoms with Crippen LogP contribution in [0.3, 0.4) is 0 Å². The van der Waals surface area contributed by atoms with Crippen LogP contribution in [-0.2, 0) is 39.7 Å². The zero-order chi connectivity index (χ0) is 44.9. The molecule has 3 aliphatic rings. The number of amides is 1. The van der Waals surface area contributed by atoms with E-state index in [0.717, 1.165) is 25.0 Å². The number of aryl methyl sites for hydroxylation is 1. The number of aliphatic carboxylic acids is 1. The standard InChI is InChI=1S/C38H60N2O19S2/c39-18-55-17-22-24(45)13-38(37(53)54,58-33(22)30(50)25(46)14-41)59-35-31(51)27(16-43)56-36(32(35)52)57-34(26(47)15-42)29(49)23(44)9-8-19-4-3-5-20(12-19)40-28(48)7-2-1-6-21-10-11-60-61-21/h3-5,12,18,21-27,29-36,39,41-47,49-52H,1-2,6-11,13-17H2,(H,40,48)(H,53,54). The van der Waals surface area contributed by atoms with E-state index in [1.807, 2.05) is 21.6 Å². The number of carbonyl (C=O) groups is 2. The Morgan fingerprint density at radius 3 is 2.39 bits per heavy atom. The van der Waals surface area contributed by atoms with E-state index in [-0.39, 0.29) is 18.7 Å². The van der Waals surface area contributed by atoms with Crippen LogP contribution in [0.25, 0.3) is 0 Å². The third-order valence-corrected chi connectivity index (χ3v) is 13.9. The number of benzene rings is 1. The second-order valence-corrected chi connectivity index (χ2v) is 18.1. The van der Waals surface area contributed by atoms with Crippen LogP contribution in [0.1, 0.15) is 50.5 Å². The van der Waals surface area contributed by atoms with Crippen molar-refractivity contribution in [2.45, 2.75) is 142 Å². The Labute approximate surface area is 359 Å². The molecule has 0 bridgehead atoms. The normalized spacial score (nSPS) is 32.3. The van der Waals surface area contributed by atoms with Crippen molar-refractivity contribution in [3.63, 3.8) is 0 Å². The molecule has 0 saturated carbocycles. The van der Waals surface area contributed by atoms with Gasteiger partial charge in [-0.15, -0.1) is 0 Å². The predicted molar refractivity (Wildman–Crippen MR) is 216 cm³/mol. The van der Waals surface area contributed by atoms with Crippen LogP contribution in [0, 0.1) is 11.3 Å². The molecule has 1 amide bonds. The average molecular weight is 913 g/mol. The molecular weight excluding hydrogens is 853 g/mol. The number of unbranched alkanes of at least 4 members (excludes halogenated alkanes) is 1. The summed E-state index contributed by atoms with van der Waals surface area (Å²) in [6.45, 7) is -3.60. The summed E-state index contributed by atoms with van der Waals surface area (Å²) in [7, 11) is 3.78. The number of carboxylic acids is 1. The lowest BCUT2D eigenvalue weighted by Crippen LogP contribution is -2.68. The van der Waals surface area contributed by atoms with Gasteiger partial charge in [0.1, 0.15) is 54.9 Å². The van der Waals surface area contributed by atoms with Crippen molar-refractivity contribution in [3.8, 4) is 0 Å². The SMILES string of the molecule is N=COCC1C(O)CC(OC2C(O)C(CO)OC(OC(C(O)CO)C(O)C(O)CCc3cccc(NC(=O)CCCCC4CCSS4)c3)C2O)(C(=O)O)OC1C(O)C(O)CO. The summed E-state index contributed by atoms with van der Waals surface area (Å²) in [5.41, 5.74) is 1.20. The Hall–Kier alpha value is -2.27. The minimum absolute atomic E-state index is 0.142. The highest BCUT2D eigenvalue weighted by Gasteiger charge is 2.59. The van der Waals surface area contributed by atoms with Crippen LogP contribution in [-0.4, -0.2) is 202 Å². The molecule has 0 aromatic heterocycles. The number of hydrogen-bond acceptors (Lipinski definition) is 21. The summed E-state index contributed by atoms with van der Waals surface area (Å²) < 4.78 is 27.4. The number of nitrogens with one attached hydrogen (secondary N) is 2. The van der Waals surface area contributed by atoms with Gasteiger partial charge in [0.05, 0.1) is 44.7 Å². The fourth-order valence-corrected chi connectivity index (χ4v) is 10.4. The molecule has 16 unspecified atom stereocenters. The second kappa shape index (κ2) is 24.7. The number of hydrogen-bond donors (Lipinski definition) is 14. The van der Waals surface area contributed by atoms with Crippen molar-refractivity contribution < 1.29 is 94.6 Å². The monoisotopic (exact) mass is 912 g/mol. The number of rotatable bonds is 25. The van der Waals surface area contributed by atoms with E-state index in [4.69, 9.17) is 29.1 Å². The highest BCUT2D eigenvalue weighted by molar-refractivity contribution is 8.77. The fourth-order valence-electron chi connectivity index (χ4n) is 7.42. The quantitative estimate of drug-likeness (QED) is 0.0208. The molecule has 1 aromatic rings. The summed E-state index contributed by atoms with van der Waals surface area (Å²) in [6.07, 6.45) is -21.5. The molecule has 3 saturated heterocycles. The smallest absolute Gasteiger partial charge is 0.364 e. The maximum Gasteiger partial charge on any atom is 0.364 e. The maximum atomic E-state index is 12.8. The van der Waals surface area contributed by atoms with Gasteiger partial charge in [0.25, 0.3) is 5.79 Å². The minimum Gasteiger partial charge on any atom is -0.483 e. The highest BCUT2D eigenvalue weighted by Crippen LogP contribution is 2.41. The van der Waals surface area contributed by atoms with E-state index >= 15 is 0 Å². The van der Waals surface area contributed by atoms with Gasteiger partial charge in [0.2, 0.25) is 5.91 Å². The number of aliphatic hydroxyl groups is 11. The van der Waals surface area contributed by atoms with E-state index in [1.165, 1.54) is 6.42 Å². The molecule has 61 heavy (non-hydrogen) atoms. The van der Waals surface area contributed by atoms with Crippen molar-refractivity contribution in [1.82, 2.24) is 0 Å². The zero-order valence-electron chi connectivity index (χ0n) is 33.3. The molecule has 3 aliphatic heterocycles. The highest BCUT2D eigenvalue weighted by atomic mass is 33.1. The topological polar surface area (TPSA) is 359 Å². The molecule has 4 rings (SSSR count). The summed E-state index contributed by atoms with van der Waals surface area (Å²) in [5.74, 6) is -5.29. The number of ether oxygens (including phenoxy) is 5. The molecule has 3 fully saturated rings. The number of aliphatic hydroxyl groups excluding tert-OH is 11. The fraction of sp³-hybridized carbons (Fsp3) is 0.763. The Morgan fingerprint density at radius 1 is 1.02 bits per heavy atom. The predicted octanol–water partition coefficient (Wildman–Crippen LogP) is -2.56. The molecule has 3 heterocycles. The van der Waals surface area contributed by atoms with Gasteiger partial charge in [-0.1, -0.05) is 40.1 Å². The van der Waals surface area contributed by atoms with E-state index in [2.05, 4.69) is 5.32 Å². The number of carboxylic acid groups (broad SMARTS) is 1. The van der Waals surface area contributed by atoms with Gasteiger partial charge in [-0.3, -0.25) is 10.2 Å².